The molecule has 6 nitrogen and oxygen atoms in total. The standard InChI is InChI=1S/C90H53BN6S2/c1-4-22-54(23-5-1)92-76-37-19-13-31-68(76)84-79(92)47-44-65-60-28-10-16-34-73(60)95(88(65)84)57-40-42-63-71-50-59(97-75-36-18-12-30-62(75)67-46-49-81-86(90(67)97)70-33-15-21-39-78(70)94(81)56-26-8-3-9-27-56)51-72-64-43-41-58(53-83(64)99-91(87(71)72)98-82(63)52-57)96-74-35-17-11-29-61(74)66-45-48-80-85(89(66)96)69-32-14-20-38-77(69)93(80)55-24-6-2-7-25-55/h1-53H. The van der Waals surface area contributed by atoms with Crippen LogP contribution in [0.2, 0.25) is 0 Å². The first-order valence-electron chi connectivity index (χ1n) is 34.0. The van der Waals surface area contributed by atoms with Crippen LogP contribution in [0.3, 0.4) is 0 Å². The van der Waals surface area contributed by atoms with Gasteiger partial charge in [-0.2, -0.15) is 23.2 Å². The van der Waals surface area contributed by atoms with Gasteiger partial charge in [-0.25, -0.2) is 0 Å². The van der Waals surface area contributed by atoms with Crippen LogP contribution in [-0.2, 0) is 0 Å². The van der Waals surface area contributed by atoms with Gasteiger partial charge in [-0.15, -0.1) is 0 Å². The first-order valence-corrected chi connectivity index (χ1v) is 35.8. The van der Waals surface area contributed by atoms with Crippen LogP contribution in [0.5, 0.6) is 0 Å². The minimum Gasteiger partial charge on any atom is -0.309 e. The van der Waals surface area contributed by atoms with Crippen molar-refractivity contribution in [3.05, 3.63) is 322 Å². The number of hydrogen-bond donors (Lipinski definition) is 0. The highest BCUT2D eigenvalue weighted by molar-refractivity contribution is 8.56. The Morgan fingerprint density at radius 2 is 0.485 bits per heavy atom. The third kappa shape index (κ3) is 7.34. The summed E-state index contributed by atoms with van der Waals surface area (Å²) in [6.07, 6.45) is 0. The number of aromatic nitrogens is 6. The lowest BCUT2D eigenvalue weighted by molar-refractivity contribution is 1.16. The molecule has 0 amide bonds. The van der Waals surface area contributed by atoms with Crippen LogP contribution >= 0.6 is 23.2 Å². The predicted molar refractivity (Wildman–Crippen MR) is 420 cm³/mol. The first kappa shape index (κ1) is 54.0. The Hall–Kier alpha value is -12.1. The quantitative estimate of drug-likeness (QED) is 0.155. The summed E-state index contributed by atoms with van der Waals surface area (Å²) in [4.78, 5) is 2.53. The highest BCUT2D eigenvalue weighted by Gasteiger charge is 2.39. The third-order valence-electron chi connectivity index (χ3n) is 21.6. The van der Waals surface area contributed by atoms with Crippen LogP contribution in [0.4, 0.5) is 0 Å². The Morgan fingerprint density at radius 3 is 0.828 bits per heavy atom. The topological polar surface area (TPSA) is 29.6 Å². The maximum Gasteiger partial charge on any atom is 0.318 e. The van der Waals surface area contributed by atoms with Crippen molar-refractivity contribution in [2.24, 2.45) is 0 Å². The van der Waals surface area contributed by atoms with Gasteiger partial charge >= 0.3 is 5.27 Å². The molecule has 0 radical (unpaired) electrons. The van der Waals surface area contributed by atoms with Gasteiger partial charge in [-0.05, 0) is 155 Å². The lowest BCUT2D eigenvalue weighted by atomic mass is 9.77. The van der Waals surface area contributed by atoms with Gasteiger partial charge < -0.3 is 27.4 Å². The van der Waals surface area contributed by atoms with E-state index in [0.29, 0.717) is 0 Å². The van der Waals surface area contributed by atoms with Gasteiger partial charge in [0.15, 0.2) is 0 Å². The molecule has 21 aromatic rings. The largest absolute Gasteiger partial charge is 0.318 e. The molecular formula is C90H53BN6S2. The minimum absolute atomic E-state index is 0.0330. The average Bonchev–Trinajstić information content (AvgIpc) is 1.63. The number of hydrogen-bond acceptors (Lipinski definition) is 2. The lowest BCUT2D eigenvalue weighted by Crippen LogP contribution is -2.34. The highest BCUT2D eigenvalue weighted by Crippen LogP contribution is 2.54. The maximum absolute atomic E-state index is 2.61. The summed E-state index contributed by atoms with van der Waals surface area (Å²) in [5.41, 5.74) is 27.6. The van der Waals surface area contributed by atoms with Crippen molar-refractivity contribution in [1.29, 1.82) is 0 Å². The Bertz CT molecular complexity index is 6800. The molecule has 8 heterocycles. The first-order chi connectivity index (χ1) is 49.2. The fraction of sp³-hybridized carbons (Fsp3) is 0. The fourth-order valence-electron chi connectivity index (χ4n) is 17.7. The van der Waals surface area contributed by atoms with Crippen molar-refractivity contribution in [2.45, 2.75) is 9.79 Å². The Morgan fingerprint density at radius 1 is 0.192 bits per heavy atom. The van der Waals surface area contributed by atoms with Gasteiger partial charge in [0.25, 0.3) is 0 Å². The van der Waals surface area contributed by atoms with Crippen LogP contribution < -0.4 is 5.46 Å². The molecule has 0 saturated heterocycles. The van der Waals surface area contributed by atoms with Crippen molar-refractivity contribution < 1.29 is 0 Å². The molecule has 23 rings (SSSR count). The van der Waals surface area contributed by atoms with E-state index in [1.54, 1.807) is 0 Å². The highest BCUT2D eigenvalue weighted by atomic mass is 32.2. The number of para-hydroxylation sites is 9. The van der Waals surface area contributed by atoms with E-state index in [4.69, 9.17) is 0 Å². The van der Waals surface area contributed by atoms with Crippen molar-refractivity contribution in [3.63, 3.8) is 0 Å². The summed E-state index contributed by atoms with van der Waals surface area (Å²) in [6.45, 7) is 0. The lowest BCUT2D eigenvalue weighted by Gasteiger charge is -2.33. The number of nitrogens with zero attached hydrogens (tertiary/aromatic N) is 6. The molecule has 0 fully saturated rings. The molecule has 2 aliphatic heterocycles. The third-order valence-corrected chi connectivity index (χ3v) is 24.3. The second-order valence-corrected chi connectivity index (χ2v) is 29.2. The van der Waals surface area contributed by atoms with E-state index in [2.05, 4.69) is 349 Å². The summed E-state index contributed by atoms with van der Waals surface area (Å²) >= 11 is 4.02. The SMILES string of the molecule is c1ccc(-n2c3ccccc3c3c2ccc2c4ccccc4n(-c4ccc5c(c4)SB4Sc6cc(-n7c8ccccc8c8ccc9c(c%10ccccc%10n9-c9ccccc9)c87)ccc6-c6cc(-n7c8ccccc8c8ccc9c(c%10ccccc%10n9-c9ccccc9)c87)cc-5c64)c23)cc1. The van der Waals surface area contributed by atoms with Crippen LogP contribution in [0.15, 0.2) is 331 Å². The van der Waals surface area contributed by atoms with Crippen molar-refractivity contribution in [1.82, 2.24) is 27.4 Å². The van der Waals surface area contributed by atoms with Crippen molar-refractivity contribution >= 4 is 165 Å². The minimum atomic E-state index is 0.0330. The van der Waals surface area contributed by atoms with Gasteiger partial charge in [-0.3, -0.25) is 0 Å². The summed E-state index contributed by atoms with van der Waals surface area (Å²) < 4.78 is 15.1. The number of rotatable bonds is 6. The second-order valence-electron chi connectivity index (χ2n) is 26.6. The molecule has 458 valence electrons. The Balaban J connectivity index is 0.792. The smallest absolute Gasteiger partial charge is 0.309 e. The molecule has 0 atom stereocenters. The van der Waals surface area contributed by atoms with Gasteiger partial charge in [-0.1, -0.05) is 194 Å². The van der Waals surface area contributed by atoms with E-state index < -0.39 is 0 Å². The molecule has 0 saturated carbocycles. The molecule has 0 N–H and O–H groups in total. The predicted octanol–water partition coefficient (Wildman–Crippen LogP) is 23.5. The van der Waals surface area contributed by atoms with Crippen LogP contribution in [0.1, 0.15) is 0 Å². The summed E-state index contributed by atoms with van der Waals surface area (Å²) in [5.74, 6) is 0. The molecule has 15 aromatic carbocycles. The van der Waals surface area contributed by atoms with E-state index in [1.165, 1.54) is 168 Å². The molecule has 0 unspecified atom stereocenters. The zero-order valence-corrected chi connectivity index (χ0v) is 54.8. The molecule has 0 bridgehead atoms. The van der Waals surface area contributed by atoms with Gasteiger partial charge in [0.2, 0.25) is 0 Å². The Labute approximate surface area is 575 Å². The molecule has 99 heavy (non-hydrogen) atoms. The van der Waals surface area contributed by atoms with Crippen LogP contribution in [0.25, 0.3) is 187 Å². The summed E-state index contributed by atoms with van der Waals surface area (Å²) in [5, 5.41) is 14.9. The van der Waals surface area contributed by atoms with Gasteiger partial charge in [0.1, 0.15) is 0 Å². The molecule has 9 heteroatoms. The van der Waals surface area contributed by atoms with E-state index in [1.807, 2.05) is 23.2 Å². The normalized spacial score (nSPS) is 12.9. The van der Waals surface area contributed by atoms with E-state index in [-0.39, 0.29) is 5.27 Å². The number of fused-ring (bicyclic) bond motifs is 25. The Kier molecular flexibility index (Phi) is 11.0. The van der Waals surface area contributed by atoms with Crippen LogP contribution in [0, 0.1) is 0 Å². The average molecular weight is 1290 g/mol. The molecule has 0 spiro atoms. The van der Waals surface area contributed by atoms with E-state index >= 15 is 0 Å². The van der Waals surface area contributed by atoms with E-state index in [0.717, 1.165) is 34.1 Å². The molecule has 6 aromatic heterocycles. The zero-order chi connectivity index (χ0) is 64.3. The van der Waals surface area contributed by atoms with Crippen molar-refractivity contribution in [3.8, 4) is 56.4 Å². The monoisotopic (exact) mass is 1290 g/mol. The fourth-order valence-corrected chi connectivity index (χ4v) is 20.7. The maximum atomic E-state index is 2.61. The molecule has 0 aliphatic carbocycles. The van der Waals surface area contributed by atoms with E-state index in [9.17, 15) is 0 Å². The molecule has 2 aliphatic rings. The summed E-state index contributed by atoms with van der Waals surface area (Å²) in [6, 6.07) is 120. The molecular weight excluding hydrogens is 1240 g/mol. The van der Waals surface area contributed by atoms with Crippen molar-refractivity contribution in [2.75, 3.05) is 0 Å². The van der Waals surface area contributed by atoms with Crippen LogP contribution in [-0.4, -0.2) is 32.7 Å². The summed E-state index contributed by atoms with van der Waals surface area (Å²) in [7, 11) is 0. The second kappa shape index (κ2) is 20.2. The van der Waals surface area contributed by atoms with Gasteiger partial charge in [0, 0.05) is 109 Å². The zero-order valence-electron chi connectivity index (χ0n) is 53.2. The number of benzene rings is 15. The van der Waals surface area contributed by atoms with Gasteiger partial charge in [0.05, 0.1) is 66.2 Å².